The Bertz CT molecular complexity index is 867. The molecule has 2 aromatic rings. The average molecular weight is 409 g/mol. The van der Waals surface area contributed by atoms with Crippen LogP contribution in [0.1, 0.15) is 15.9 Å². The molecule has 0 atom stereocenters. The first-order valence-electron chi connectivity index (χ1n) is 6.53. The second kappa shape index (κ2) is 7.49. The fourth-order valence-electron chi connectivity index (χ4n) is 1.82. The zero-order valence-electron chi connectivity index (χ0n) is 12.2. The predicted molar refractivity (Wildman–Crippen MR) is 90.6 cm³/mol. The summed E-state index contributed by atoms with van der Waals surface area (Å²) in [7, 11) is 0. The molecule has 0 radical (unpaired) electrons. The largest absolute Gasteiger partial charge is 0.507 e. The first kappa shape index (κ1) is 18.0. The van der Waals surface area contributed by atoms with E-state index < -0.39 is 27.1 Å². The molecule has 0 aromatic heterocycles. The van der Waals surface area contributed by atoms with Gasteiger partial charge in [-0.05, 0) is 18.2 Å². The van der Waals surface area contributed by atoms with E-state index in [1.165, 1.54) is 18.2 Å². The zero-order chi connectivity index (χ0) is 18.6. The van der Waals surface area contributed by atoms with Crippen molar-refractivity contribution >= 4 is 39.4 Å². The van der Waals surface area contributed by atoms with Crippen LogP contribution in [0.25, 0.3) is 0 Å². The first-order valence-corrected chi connectivity index (χ1v) is 7.33. The highest BCUT2D eigenvalue weighted by Crippen LogP contribution is 2.22. The molecule has 0 aliphatic carbocycles. The van der Waals surface area contributed by atoms with Crippen LogP contribution in [0.15, 0.2) is 46.0 Å². The molecule has 128 valence electrons. The summed E-state index contributed by atoms with van der Waals surface area (Å²) in [4.78, 5) is 32.0. The van der Waals surface area contributed by atoms with Crippen molar-refractivity contribution in [2.75, 3.05) is 0 Å². The molecule has 0 fully saturated rings. The zero-order valence-corrected chi connectivity index (χ0v) is 13.8. The lowest BCUT2D eigenvalue weighted by Crippen LogP contribution is -2.17. The smallest absolute Gasteiger partial charge is 0.276 e. The van der Waals surface area contributed by atoms with E-state index in [0.29, 0.717) is 4.47 Å². The number of hydrazone groups is 1. The molecule has 0 unspecified atom stereocenters. The van der Waals surface area contributed by atoms with Gasteiger partial charge in [0.1, 0.15) is 5.75 Å². The highest BCUT2D eigenvalue weighted by molar-refractivity contribution is 9.10. The summed E-state index contributed by atoms with van der Waals surface area (Å²) in [5, 5.41) is 34.8. The van der Waals surface area contributed by atoms with E-state index >= 15 is 0 Å². The van der Waals surface area contributed by atoms with Crippen molar-refractivity contribution in [1.82, 2.24) is 5.43 Å². The van der Waals surface area contributed by atoms with Gasteiger partial charge in [-0.25, -0.2) is 5.43 Å². The third-order valence-corrected chi connectivity index (χ3v) is 3.42. The highest BCUT2D eigenvalue weighted by Gasteiger charge is 2.16. The van der Waals surface area contributed by atoms with Crippen LogP contribution in [0.2, 0.25) is 0 Å². The lowest BCUT2D eigenvalue weighted by atomic mass is 10.2. The summed E-state index contributed by atoms with van der Waals surface area (Å²) in [5.41, 5.74) is 1.17. The Kier molecular flexibility index (Phi) is 5.39. The molecule has 0 aliphatic heterocycles. The van der Waals surface area contributed by atoms with Crippen molar-refractivity contribution < 1.29 is 19.7 Å². The van der Waals surface area contributed by atoms with Crippen molar-refractivity contribution in [3.8, 4) is 5.75 Å². The normalized spacial score (nSPS) is 10.6. The molecule has 0 bridgehead atoms. The van der Waals surface area contributed by atoms with Crippen LogP contribution < -0.4 is 5.43 Å². The second-order valence-electron chi connectivity index (χ2n) is 4.66. The molecule has 0 saturated carbocycles. The number of hydrogen-bond acceptors (Lipinski definition) is 7. The van der Waals surface area contributed by atoms with Crippen molar-refractivity contribution in [1.29, 1.82) is 0 Å². The van der Waals surface area contributed by atoms with Crippen LogP contribution in [-0.4, -0.2) is 27.1 Å². The Morgan fingerprint density at radius 3 is 2.28 bits per heavy atom. The summed E-state index contributed by atoms with van der Waals surface area (Å²) in [6.45, 7) is 0. The van der Waals surface area contributed by atoms with Gasteiger partial charge in [0.25, 0.3) is 17.3 Å². The van der Waals surface area contributed by atoms with Gasteiger partial charge in [-0.2, -0.15) is 5.10 Å². The van der Waals surface area contributed by atoms with Gasteiger partial charge in [0.15, 0.2) is 0 Å². The Morgan fingerprint density at radius 2 is 1.72 bits per heavy atom. The molecule has 0 aliphatic rings. The van der Waals surface area contributed by atoms with Gasteiger partial charge in [-0.15, -0.1) is 0 Å². The van der Waals surface area contributed by atoms with E-state index in [0.717, 1.165) is 24.4 Å². The first-order chi connectivity index (χ1) is 11.8. The van der Waals surface area contributed by atoms with Crippen molar-refractivity contribution in [3.63, 3.8) is 0 Å². The van der Waals surface area contributed by atoms with Crippen LogP contribution in [0.4, 0.5) is 11.4 Å². The maximum Gasteiger partial charge on any atom is 0.276 e. The second-order valence-corrected chi connectivity index (χ2v) is 5.57. The fourth-order valence-corrected chi connectivity index (χ4v) is 2.18. The monoisotopic (exact) mass is 408 g/mol. The lowest BCUT2D eigenvalue weighted by molar-refractivity contribution is -0.394. The quantitative estimate of drug-likeness (QED) is 0.441. The van der Waals surface area contributed by atoms with E-state index in [9.17, 15) is 30.1 Å². The summed E-state index contributed by atoms with van der Waals surface area (Å²) in [5.74, 6) is -0.989. The number of benzene rings is 2. The van der Waals surface area contributed by atoms with Crippen molar-refractivity contribution in [3.05, 3.63) is 72.2 Å². The van der Waals surface area contributed by atoms with Crippen LogP contribution in [0, 0.1) is 20.2 Å². The number of carbonyl (C=O) groups is 1. The third kappa shape index (κ3) is 4.57. The number of non-ortho nitro benzene ring substituents is 2. The molecule has 10 nitrogen and oxygen atoms in total. The van der Waals surface area contributed by atoms with Crippen molar-refractivity contribution in [2.45, 2.75) is 0 Å². The maximum absolute atomic E-state index is 11.9. The van der Waals surface area contributed by atoms with Crippen LogP contribution in [0.3, 0.4) is 0 Å². The van der Waals surface area contributed by atoms with Crippen LogP contribution in [-0.2, 0) is 0 Å². The number of nitrogens with one attached hydrogen (secondary N) is 1. The lowest BCUT2D eigenvalue weighted by Gasteiger charge is -2.03. The Morgan fingerprint density at radius 1 is 1.12 bits per heavy atom. The molecule has 2 rings (SSSR count). The number of carbonyl (C=O) groups excluding carboxylic acids is 1. The number of amides is 1. The number of hydrogen-bond donors (Lipinski definition) is 2. The van der Waals surface area contributed by atoms with Gasteiger partial charge in [-0.1, -0.05) is 15.9 Å². The number of nitrogens with zero attached hydrogens (tertiary/aromatic N) is 3. The molecule has 0 heterocycles. The van der Waals surface area contributed by atoms with Crippen molar-refractivity contribution in [2.24, 2.45) is 5.10 Å². The Labute approximate surface area is 148 Å². The van der Waals surface area contributed by atoms with Crippen LogP contribution >= 0.6 is 15.9 Å². The third-order valence-electron chi connectivity index (χ3n) is 2.93. The SMILES string of the molecule is O=C(N/N=C/c1cc([N+](=O)[O-])cc([N+](=O)[O-])c1)c1cc(Br)ccc1O. The minimum absolute atomic E-state index is 0.0449. The molecule has 2 N–H and O–H groups in total. The number of nitro benzene ring substituents is 2. The Hall–Kier alpha value is -3.34. The van der Waals surface area contributed by atoms with E-state index in [1.807, 2.05) is 0 Å². The molecule has 25 heavy (non-hydrogen) atoms. The number of aromatic hydroxyl groups is 1. The maximum atomic E-state index is 11.9. The van der Waals surface area contributed by atoms with Gasteiger partial charge in [0.05, 0.1) is 27.7 Å². The average Bonchev–Trinajstić information content (AvgIpc) is 2.56. The standard InChI is InChI=1S/C14H9BrN4O6/c15-9-1-2-13(20)12(5-9)14(21)17-16-7-8-3-10(18(22)23)6-11(4-8)19(24)25/h1-7,20H,(H,17,21)/b16-7+. The molecule has 2 aromatic carbocycles. The fraction of sp³-hybridized carbons (Fsp3) is 0. The molecular weight excluding hydrogens is 400 g/mol. The molecular formula is C14H9BrN4O6. The highest BCUT2D eigenvalue weighted by atomic mass is 79.9. The molecule has 0 saturated heterocycles. The molecule has 0 spiro atoms. The van der Waals surface area contributed by atoms with Gasteiger partial charge in [0, 0.05) is 22.2 Å². The topological polar surface area (TPSA) is 148 Å². The summed E-state index contributed by atoms with van der Waals surface area (Å²) < 4.78 is 0.564. The Balaban J connectivity index is 2.21. The summed E-state index contributed by atoms with van der Waals surface area (Å²) in [6, 6.07) is 7.18. The number of phenolic OH excluding ortho intramolecular Hbond substituents is 1. The number of rotatable bonds is 5. The van der Waals surface area contributed by atoms with Gasteiger partial charge in [0.2, 0.25) is 0 Å². The summed E-state index contributed by atoms with van der Waals surface area (Å²) in [6.07, 6.45) is 1.02. The molecule has 1 amide bonds. The number of halogens is 1. The number of phenols is 1. The van der Waals surface area contributed by atoms with Gasteiger partial charge in [-0.3, -0.25) is 25.0 Å². The predicted octanol–water partition coefficient (Wildman–Crippen LogP) is 2.74. The van der Waals surface area contributed by atoms with E-state index in [1.54, 1.807) is 0 Å². The van der Waals surface area contributed by atoms with E-state index in [2.05, 4.69) is 26.5 Å². The molecule has 11 heteroatoms. The minimum Gasteiger partial charge on any atom is -0.507 e. The van der Waals surface area contributed by atoms with E-state index in [-0.39, 0.29) is 16.9 Å². The van der Waals surface area contributed by atoms with Gasteiger partial charge < -0.3 is 5.11 Å². The summed E-state index contributed by atoms with van der Waals surface area (Å²) >= 11 is 3.16. The van der Waals surface area contributed by atoms with Gasteiger partial charge >= 0.3 is 0 Å². The number of nitro groups is 2. The van der Waals surface area contributed by atoms with Crippen LogP contribution in [0.5, 0.6) is 5.75 Å². The minimum atomic E-state index is -0.775. The van der Waals surface area contributed by atoms with E-state index in [4.69, 9.17) is 0 Å².